The number of rotatable bonds is 5. The summed E-state index contributed by atoms with van der Waals surface area (Å²) in [4.78, 5) is 0. The maximum Gasteiger partial charge on any atom is 0.0592 e. The molecule has 0 aliphatic heterocycles. The van der Waals surface area contributed by atoms with Crippen molar-refractivity contribution in [2.45, 2.75) is 51.4 Å². The lowest BCUT2D eigenvalue weighted by atomic mass is 10.3. The molecule has 0 saturated heterocycles. The highest BCUT2D eigenvalue weighted by Gasteiger charge is 2.15. The van der Waals surface area contributed by atoms with E-state index in [1.165, 1.54) is 0 Å². The lowest BCUT2D eigenvalue weighted by Gasteiger charge is -2.23. The first kappa shape index (κ1) is 13.3. The van der Waals surface area contributed by atoms with Crippen LogP contribution in [0.2, 0.25) is 0 Å². The van der Waals surface area contributed by atoms with Gasteiger partial charge < -0.3 is 10.4 Å². The number of thioether (sulfide) groups is 1. The van der Waals surface area contributed by atoms with Crippen LogP contribution in [0.25, 0.3) is 0 Å². The Morgan fingerprint density at radius 2 is 1.85 bits per heavy atom. The number of nitrogens with one attached hydrogen (secondary N) is 1. The Morgan fingerprint density at radius 1 is 1.31 bits per heavy atom. The molecule has 0 spiro atoms. The minimum atomic E-state index is 0.223. The summed E-state index contributed by atoms with van der Waals surface area (Å²) in [6.07, 6.45) is 0. The Hall–Kier alpha value is 0.270. The van der Waals surface area contributed by atoms with E-state index in [4.69, 9.17) is 5.11 Å². The van der Waals surface area contributed by atoms with Crippen molar-refractivity contribution in [3.05, 3.63) is 0 Å². The van der Waals surface area contributed by atoms with Gasteiger partial charge >= 0.3 is 0 Å². The molecule has 0 saturated carbocycles. The number of aliphatic hydroxyl groups is 1. The average molecular weight is 205 g/mol. The molecule has 0 aliphatic carbocycles. The molecule has 0 aromatic heterocycles. The molecule has 2 N–H and O–H groups in total. The van der Waals surface area contributed by atoms with Crippen molar-refractivity contribution in [1.82, 2.24) is 5.32 Å². The molecule has 1 unspecified atom stereocenters. The lowest BCUT2D eigenvalue weighted by Crippen LogP contribution is -2.40. The first-order chi connectivity index (χ1) is 5.85. The van der Waals surface area contributed by atoms with E-state index in [2.05, 4.69) is 39.9 Å². The number of hydrogen-bond acceptors (Lipinski definition) is 3. The molecule has 3 heteroatoms. The standard InChI is InChI=1S/C10H23NOS/c1-8(2)11-9(6-12)7-13-10(3,4)5/h8-9,11-12H,6-7H2,1-5H3. The molecular formula is C10H23NOS. The van der Waals surface area contributed by atoms with Crippen LogP contribution in [0.4, 0.5) is 0 Å². The molecule has 0 bridgehead atoms. The molecule has 0 amide bonds. The first-order valence-electron chi connectivity index (χ1n) is 4.86. The Balaban J connectivity index is 3.72. The average Bonchev–Trinajstić information content (AvgIpc) is 1.95. The third-order valence-corrected chi connectivity index (χ3v) is 2.94. The lowest BCUT2D eigenvalue weighted by molar-refractivity contribution is 0.247. The van der Waals surface area contributed by atoms with Gasteiger partial charge in [0.05, 0.1) is 6.61 Å². The zero-order chi connectivity index (χ0) is 10.5. The quantitative estimate of drug-likeness (QED) is 0.719. The summed E-state index contributed by atoms with van der Waals surface area (Å²) in [6, 6.07) is 0.668. The highest BCUT2D eigenvalue weighted by atomic mass is 32.2. The maximum absolute atomic E-state index is 9.10. The molecule has 0 fully saturated rings. The van der Waals surface area contributed by atoms with Crippen molar-refractivity contribution in [2.75, 3.05) is 12.4 Å². The molecule has 80 valence electrons. The van der Waals surface area contributed by atoms with Gasteiger partial charge in [0.1, 0.15) is 0 Å². The van der Waals surface area contributed by atoms with Crippen molar-refractivity contribution >= 4 is 11.8 Å². The van der Waals surface area contributed by atoms with Crippen LogP contribution in [-0.2, 0) is 0 Å². The van der Waals surface area contributed by atoms with Gasteiger partial charge in [0.25, 0.3) is 0 Å². The van der Waals surface area contributed by atoms with Crippen molar-refractivity contribution in [1.29, 1.82) is 0 Å². The van der Waals surface area contributed by atoms with Crippen molar-refractivity contribution in [3.8, 4) is 0 Å². The largest absolute Gasteiger partial charge is 0.395 e. The van der Waals surface area contributed by atoms with Crippen LogP contribution in [0.5, 0.6) is 0 Å². The van der Waals surface area contributed by atoms with Gasteiger partial charge in [0.2, 0.25) is 0 Å². The molecule has 1 atom stereocenters. The predicted octanol–water partition coefficient (Wildman–Crippen LogP) is 1.88. The predicted molar refractivity (Wildman–Crippen MR) is 61.4 cm³/mol. The van der Waals surface area contributed by atoms with E-state index < -0.39 is 0 Å². The number of hydrogen-bond donors (Lipinski definition) is 2. The molecule has 0 aliphatic rings. The van der Waals surface area contributed by atoms with E-state index in [1.54, 1.807) is 0 Å². The molecule has 0 heterocycles. The van der Waals surface area contributed by atoms with E-state index >= 15 is 0 Å². The van der Waals surface area contributed by atoms with E-state index in [0.29, 0.717) is 6.04 Å². The normalized spacial score (nSPS) is 15.0. The maximum atomic E-state index is 9.10. The second-order valence-electron chi connectivity index (χ2n) is 4.62. The fourth-order valence-corrected chi connectivity index (χ4v) is 1.88. The zero-order valence-corrected chi connectivity index (χ0v) is 10.2. The molecular weight excluding hydrogens is 182 g/mol. The van der Waals surface area contributed by atoms with Gasteiger partial charge in [-0.2, -0.15) is 11.8 Å². The summed E-state index contributed by atoms with van der Waals surface area (Å²) in [5.74, 6) is 0.970. The van der Waals surface area contributed by atoms with Crippen LogP contribution in [0.1, 0.15) is 34.6 Å². The van der Waals surface area contributed by atoms with E-state index in [1.807, 2.05) is 11.8 Å². The fourth-order valence-electron chi connectivity index (χ4n) is 0.976. The van der Waals surface area contributed by atoms with Crippen LogP contribution in [0.15, 0.2) is 0 Å². The smallest absolute Gasteiger partial charge is 0.0592 e. The summed E-state index contributed by atoms with van der Waals surface area (Å²) in [6.45, 7) is 11.0. The highest BCUT2D eigenvalue weighted by Crippen LogP contribution is 2.23. The second kappa shape index (κ2) is 5.89. The Labute approximate surface area is 86.5 Å². The molecule has 13 heavy (non-hydrogen) atoms. The molecule has 0 rings (SSSR count). The number of aliphatic hydroxyl groups excluding tert-OH is 1. The van der Waals surface area contributed by atoms with Gasteiger partial charge in [0, 0.05) is 22.6 Å². The first-order valence-corrected chi connectivity index (χ1v) is 5.84. The topological polar surface area (TPSA) is 32.3 Å². The second-order valence-corrected chi connectivity index (χ2v) is 6.47. The molecule has 0 radical (unpaired) electrons. The van der Waals surface area contributed by atoms with E-state index in [9.17, 15) is 0 Å². The SMILES string of the molecule is CC(C)NC(CO)CSC(C)(C)C. The minimum absolute atomic E-state index is 0.223. The van der Waals surface area contributed by atoms with Crippen molar-refractivity contribution in [3.63, 3.8) is 0 Å². The summed E-state index contributed by atoms with van der Waals surface area (Å²) >= 11 is 1.89. The van der Waals surface area contributed by atoms with Gasteiger partial charge in [-0.15, -0.1) is 0 Å². The summed E-state index contributed by atoms with van der Waals surface area (Å²) in [5.41, 5.74) is 0. The Kier molecular flexibility index (Phi) is 6.01. The Bertz CT molecular complexity index is 131. The van der Waals surface area contributed by atoms with Crippen molar-refractivity contribution < 1.29 is 5.11 Å². The van der Waals surface area contributed by atoms with Gasteiger partial charge in [-0.3, -0.25) is 0 Å². The summed E-state index contributed by atoms with van der Waals surface area (Å²) < 4.78 is 0.284. The van der Waals surface area contributed by atoms with Gasteiger partial charge in [-0.25, -0.2) is 0 Å². The van der Waals surface area contributed by atoms with E-state index in [0.717, 1.165) is 5.75 Å². The third-order valence-electron chi connectivity index (χ3n) is 1.51. The molecule has 2 nitrogen and oxygen atoms in total. The molecule has 0 aromatic carbocycles. The monoisotopic (exact) mass is 205 g/mol. The van der Waals surface area contributed by atoms with Crippen LogP contribution in [0.3, 0.4) is 0 Å². The van der Waals surface area contributed by atoms with Gasteiger partial charge in [0.15, 0.2) is 0 Å². The van der Waals surface area contributed by atoms with Crippen LogP contribution in [0, 0.1) is 0 Å². The Morgan fingerprint density at radius 3 is 2.15 bits per heavy atom. The third kappa shape index (κ3) is 8.60. The van der Waals surface area contributed by atoms with Crippen molar-refractivity contribution in [2.24, 2.45) is 0 Å². The fraction of sp³-hybridized carbons (Fsp3) is 1.00. The van der Waals surface area contributed by atoms with Crippen LogP contribution in [-0.4, -0.2) is 34.3 Å². The molecule has 0 aromatic rings. The summed E-state index contributed by atoms with van der Waals surface area (Å²) in [5, 5.41) is 12.4. The zero-order valence-electron chi connectivity index (χ0n) is 9.42. The minimum Gasteiger partial charge on any atom is -0.395 e. The van der Waals surface area contributed by atoms with E-state index in [-0.39, 0.29) is 17.4 Å². The van der Waals surface area contributed by atoms with Crippen LogP contribution >= 0.6 is 11.8 Å². The van der Waals surface area contributed by atoms with Crippen LogP contribution < -0.4 is 5.32 Å². The van der Waals surface area contributed by atoms with Gasteiger partial charge in [-0.1, -0.05) is 34.6 Å². The summed E-state index contributed by atoms with van der Waals surface area (Å²) in [7, 11) is 0. The highest BCUT2D eigenvalue weighted by molar-refractivity contribution is 8.00. The van der Waals surface area contributed by atoms with Gasteiger partial charge in [-0.05, 0) is 0 Å².